The Morgan fingerprint density at radius 2 is 1.95 bits per heavy atom. The molecule has 5 nitrogen and oxygen atoms in total. The summed E-state index contributed by atoms with van der Waals surface area (Å²) in [6, 6.07) is 7.69. The minimum Gasteiger partial charge on any atom is -0.486 e. The number of hydrogen-bond acceptors (Lipinski definition) is 4. The van der Waals surface area contributed by atoms with Gasteiger partial charge in [0.2, 0.25) is 0 Å². The Kier molecular flexibility index (Phi) is 2.17. The van der Waals surface area contributed by atoms with Crippen LogP contribution in [-0.2, 0) is 0 Å². The maximum atomic E-state index is 5.56. The van der Waals surface area contributed by atoms with Gasteiger partial charge in [0.1, 0.15) is 19.0 Å². The van der Waals surface area contributed by atoms with Crippen molar-refractivity contribution in [1.82, 2.24) is 15.0 Å². The molecule has 19 heavy (non-hydrogen) atoms. The molecular formula is C14H11N3O2. The summed E-state index contributed by atoms with van der Waals surface area (Å²) in [6.45, 7) is 1.17. The molecule has 94 valence electrons. The number of aromatic amines is 1. The first-order valence-electron chi connectivity index (χ1n) is 6.10. The topological polar surface area (TPSA) is 60.0 Å². The average Bonchev–Trinajstić information content (AvgIpc) is 2.88. The van der Waals surface area contributed by atoms with Crippen molar-refractivity contribution < 1.29 is 9.47 Å². The van der Waals surface area contributed by atoms with Gasteiger partial charge in [-0.2, -0.15) is 0 Å². The van der Waals surface area contributed by atoms with Crippen LogP contribution in [0.3, 0.4) is 0 Å². The number of pyridine rings is 1. The highest BCUT2D eigenvalue weighted by Gasteiger charge is 2.15. The summed E-state index contributed by atoms with van der Waals surface area (Å²) in [4.78, 5) is 11.9. The summed E-state index contributed by atoms with van der Waals surface area (Å²) in [5, 5.41) is 0. The van der Waals surface area contributed by atoms with Crippen molar-refractivity contribution in [2.45, 2.75) is 0 Å². The number of ether oxygens (including phenoxy) is 2. The van der Waals surface area contributed by atoms with Gasteiger partial charge in [-0.25, -0.2) is 4.98 Å². The molecule has 4 rings (SSSR count). The van der Waals surface area contributed by atoms with Crippen LogP contribution in [0, 0.1) is 0 Å². The number of fused-ring (bicyclic) bond motifs is 2. The summed E-state index contributed by atoms with van der Waals surface area (Å²) in [5.74, 6) is 2.31. The summed E-state index contributed by atoms with van der Waals surface area (Å²) in [7, 11) is 0. The third-order valence-electron chi connectivity index (χ3n) is 3.08. The summed E-state index contributed by atoms with van der Waals surface area (Å²) < 4.78 is 11.1. The van der Waals surface area contributed by atoms with Gasteiger partial charge in [-0.3, -0.25) is 4.98 Å². The fourth-order valence-corrected chi connectivity index (χ4v) is 2.19. The largest absolute Gasteiger partial charge is 0.486 e. The first kappa shape index (κ1) is 10.4. The zero-order valence-corrected chi connectivity index (χ0v) is 10.1. The maximum absolute atomic E-state index is 5.56. The molecule has 0 amide bonds. The normalized spacial score (nSPS) is 13.7. The Balaban J connectivity index is 1.87. The highest BCUT2D eigenvalue weighted by atomic mass is 16.6. The van der Waals surface area contributed by atoms with Crippen LogP contribution in [0.1, 0.15) is 0 Å². The fourth-order valence-electron chi connectivity index (χ4n) is 2.19. The second-order valence-corrected chi connectivity index (χ2v) is 4.34. The number of imidazole rings is 1. The molecule has 0 atom stereocenters. The van der Waals surface area contributed by atoms with Crippen LogP contribution in [-0.4, -0.2) is 28.2 Å². The van der Waals surface area contributed by atoms with E-state index in [2.05, 4.69) is 15.0 Å². The molecule has 0 saturated carbocycles. The van der Waals surface area contributed by atoms with E-state index in [1.54, 1.807) is 12.4 Å². The number of benzene rings is 1. The predicted octanol–water partition coefficient (Wildman–Crippen LogP) is 2.40. The molecular weight excluding hydrogens is 242 g/mol. The molecule has 1 aromatic carbocycles. The summed E-state index contributed by atoms with van der Waals surface area (Å²) in [6.07, 6.45) is 3.52. The van der Waals surface area contributed by atoms with Crippen molar-refractivity contribution >= 4 is 11.0 Å². The lowest BCUT2D eigenvalue weighted by molar-refractivity contribution is 0.172. The molecule has 0 spiro atoms. The molecule has 0 saturated heterocycles. The lowest BCUT2D eigenvalue weighted by Gasteiger charge is -2.17. The Hall–Kier alpha value is -2.56. The van der Waals surface area contributed by atoms with E-state index >= 15 is 0 Å². The molecule has 0 radical (unpaired) electrons. The molecule has 0 fully saturated rings. The quantitative estimate of drug-likeness (QED) is 0.723. The van der Waals surface area contributed by atoms with E-state index in [9.17, 15) is 0 Å². The Labute approximate surface area is 109 Å². The molecule has 3 heterocycles. The second kappa shape index (κ2) is 3.98. The van der Waals surface area contributed by atoms with Gasteiger partial charge >= 0.3 is 0 Å². The molecule has 5 heteroatoms. The van der Waals surface area contributed by atoms with Gasteiger partial charge in [-0.05, 0) is 12.1 Å². The van der Waals surface area contributed by atoms with Crippen LogP contribution in [0.5, 0.6) is 11.5 Å². The smallest absolute Gasteiger partial charge is 0.163 e. The van der Waals surface area contributed by atoms with Crippen molar-refractivity contribution in [2.75, 3.05) is 13.2 Å². The zero-order chi connectivity index (χ0) is 12.7. The van der Waals surface area contributed by atoms with Crippen molar-refractivity contribution in [3.8, 4) is 22.9 Å². The van der Waals surface area contributed by atoms with Crippen molar-refractivity contribution in [3.63, 3.8) is 0 Å². The molecule has 2 aromatic heterocycles. The van der Waals surface area contributed by atoms with Crippen molar-refractivity contribution in [3.05, 3.63) is 36.7 Å². The van der Waals surface area contributed by atoms with Crippen LogP contribution >= 0.6 is 0 Å². The highest BCUT2D eigenvalue weighted by molar-refractivity contribution is 5.83. The van der Waals surface area contributed by atoms with Crippen LogP contribution in [0.4, 0.5) is 0 Å². The van der Waals surface area contributed by atoms with E-state index in [1.165, 1.54) is 0 Å². The molecule has 0 unspecified atom stereocenters. The molecule has 0 bridgehead atoms. The molecule has 0 aliphatic carbocycles. The average molecular weight is 253 g/mol. The van der Waals surface area contributed by atoms with Crippen LogP contribution in [0.15, 0.2) is 36.7 Å². The molecule has 1 N–H and O–H groups in total. The SMILES string of the molecule is c1cncc(-c2nc3cc4c(cc3[nH]2)OCCO4)c1. The monoisotopic (exact) mass is 253 g/mol. The van der Waals surface area contributed by atoms with E-state index in [-0.39, 0.29) is 0 Å². The number of nitrogens with zero attached hydrogens (tertiary/aromatic N) is 2. The summed E-state index contributed by atoms with van der Waals surface area (Å²) >= 11 is 0. The van der Waals surface area contributed by atoms with Gasteiger partial charge in [0.25, 0.3) is 0 Å². The van der Waals surface area contributed by atoms with Gasteiger partial charge in [-0.15, -0.1) is 0 Å². The summed E-state index contributed by atoms with van der Waals surface area (Å²) in [5.41, 5.74) is 2.75. The van der Waals surface area contributed by atoms with E-state index < -0.39 is 0 Å². The Bertz CT molecular complexity index is 694. The minimum absolute atomic E-state index is 0.582. The number of aromatic nitrogens is 3. The predicted molar refractivity (Wildman–Crippen MR) is 70.3 cm³/mol. The van der Waals surface area contributed by atoms with Gasteiger partial charge in [0, 0.05) is 30.1 Å². The van der Waals surface area contributed by atoms with E-state index in [0.29, 0.717) is 13.2 Å². The maximum Gasteiger partial charge on any atom is 0.163 e. The number of hydrogen-bond donors (Lipinski definition) is 1. The van der Waals surface area contributed by atoms with Crippen molar-refractivity contribution in [1.29, 1.82) is 0 Å². The fraction of sp³-hybridized carbons (Fsp3) is 0.143. The van der Waals surface area contributed by atoms with Gasteiger partial charge in [0.15, 0.2) is 11.5 Å². The lowest BCUT2D eigenvalue weighted by Crippen LogP contribution is -2.15. The third kappa shape index (κ3) is 1.71. The van der Waals surface area contributed by atoms with E-state index in [4.69, 9.17) is 9.47 Å². The molecule has 3 aromatic rings. The number of nitrogens with one attached hydrogen (secondary N) is 1. The minimum atomic E-state index is 0.582. The first-order chi connectivity index (χ1) is 9.40. The van der Waals surface area contributed by atoms with Crippen LogP contribution in [0.2, 0.25) is 0 Å². The standard InChI is InChI=1S/C14H11N3O2/c1-2-9(8-15-3-1)14-16-10-6-12-13(7-11(10)17-14)19-5-4-18-12/h1-3,6-8H,4-5H2,(H,16,17). The van der Waals surface area contributed by atoms with Gasteiger partial charge in [-0.1, -0.05) is 0 Å². The van der Waals surface area contributed by atoms with E-state index in [0.717, 1.165) is 33.9 Å². The van der Waals surface area contributed by atoms with Crippen molar-refractivity contribution in [2.24, 2.45) is 0 Å². The Morgan fingerprint density at radius 3 is 2.74 bits per heavy atom. The van der Waals surface area contributed by atoms with Crippen LogP contribution < -0.4 is 9.47 Å². The third-order valence-corrected chi connectivity index (χ3v) is 3.08. The lowest BCUT2D eigenvalue weighted by atomic mass is 10.2. The zero-order valence-electron chi connectivity index (χ0n) is 10.1. The number of H-pyrrole nitrogens is 1. The highest BCUT2D eigenvalue weighted by Crippen LogP contribution is 2.34. The van der Waals surface area contributed by atoms with Crippen LogP contribution in [0.25, 0.3) is 22.4 Å². The van der Waals surface area contributed by atoms with Gasteiger partial charge < -0.3 is 14.5 Å². The van der Waals surface area contributed by atoms with Gasteiger partial charge in [0.05, 0.1) is 11.0 Å². The Morgan fingerprint density at radius 1 is 1.11 bits per heavy atom. The molecule has 1 aliphatic heterocycles. The number of rotatable bonds is 1. The second-order valence-electron chi connectivity index (χ2n) is 4.34. The van der Waals surface area contributed by atoms with E-state index in [1.807, 2.05) is 24.3 Å². The molecule has 1 aliphatic rings. The first-order valence-corrected chi connectivity index (χ1v) is 6.10.